The molecule has 94 valence electrons. The van der Waals surface area contributed by atoms with E-state index in [1.54, 1.807) is 0 Å². The highest BCUT2D eigenvalue weighted by Crippen LogP contribution is 2.22. The fourth-order valence-corrected chi connectivity index (χ4v) is 2.17. The van der Waals surface area contributed by atoms with Crippen LogP contribution in [-0.2, 0) is 6.42 Å². The van der Waals surface area contributed by atoms with Crippen molar-refractivity contribution in [2.45, 2.75) is 13.3 Å². The average Bonchev–Trinajstić information content (AvgIpc) is 2.34. The average molecular weight is 305 g/mol. The van der Waals surface area contributed by atoms with Gasteiger partial charge < -0.3 is 11.1 Å². The van der Waals surface area contributed by atoms with Crippen molar-refractivity contribution in [1.29, 1.82) is 0 Å². The van der Waals surface area contributed by atoms with Crippen LogP contribution >= 0.6 is 15.9 Å². The molecule has 2 rings (SSSR count). The van der Waals surface area contributed by atoms with E-state index < -0.39 is 0 Å². The van der Waals surface area contributed by atoms with Gasteiger partial charge in [-0.05, 0) is 37.1 Å². The summed E-state index contributed by atoms with van der Waals surface area (Å²) in [4.78, 5) is 0. The second-order valence-corrected chi connectivity index (χ2v) is 5.31. The Kier molecular flexibility index (Phi) is 4.26. The molecule has 0 fully saturated rings. The van der Waals surface area contributed by atoms with Gasteiger partial charge in [-0.3, -0.25) is 0 Å². The summed E-state index contributed by atoms with van der Waals surface area (Å²) in [5.41, 5.74) is 10.3. The lowest BCUT2D eigenvalue weighted by molar-refractivity contribution is 1.02. The zero-order valence-corrected chi connectivity index (χ0v) is 12.0. The van der Waals surface area contributed by atoms with Crippen LogP contribution in [0.5, 0.6) is 0 Å². The molecular formula is C15H17BrN2. The van der Waals surface area contributed by atoms with E-state index in [1.807, 2.05) is 18.2 Å². The quantitative estimate of drug-likeness (QED) is 0.838. The molecule has 0 radical (unpaired) electrons. The van der Waals surface area contributed by atoms with Crippen molar-refractivity contribution in [2.24, 2.45) is 0 Å². The van der Waals surface area contributed by atoms with E-state index in [0.717, 1.165) is 28.8 Å². The summed E-state index contributed by atoms with van der Waals surface area (Å²) in [6.07, 6.45) is 0.996. The van der Waals surface area contributed by atoms with Gasteiger partial charge in [-0.15, -0.1) is 0 Å². The van der Waals surface area contributed by atoms with E-state index in [1.165, 1.54) is 11.1 Å². The van der Waals surface area contributed by atoms with Crippen LogP contribution in [0.15, 0.2) is 46.9 Å². The third-order valence-corrected chi connectivity index (χ3v) is 3.36. The summed E-state index contributed by atoms with van der Waals surface area (Å²) in [7, 11) is 0. The Morgan fingerprint density at radius 3 is 2.50 bits per heavy atom. The SMILES string of the molecule is Cc1ccc(CCNc2ccc(Br)cc2N)cc1. The number of nitrogen functional groups attached to an aromatic ring is 1. The molecular weight excluding hydrogens is 288 g/mol. The first-order valence-electron chi connectivity index (χ1n) is 5.99. The number of hydrogen-bond donors (Lipinski definition) is 2. The number of hydrogen-bond acceptors (Lipinski definition) is 2. The van der Waals surface area contributed by atoms with E-state index in [9.17, 15) is 0 Å². The standard InChI is InChI=1S/C15H17BrN2/c1-11-2-4-12(5-3-11)8-9-18-15-7-6-13(16)10-14(15)17/h2-7,10,18H,8-9,17H2,1H3. The van der Waals surface area contributed by atoms with Crippen molar-refractivity contribution in [3.8, 4) is 0 Å². The molecule has 0 atom stereocenters. The van der Waals surface area contributed by atoms with E-state index in [-0.39, 0.29) is 0 Å². The molecule has 0 saturated heterocycles. The highest BCUT2D eigenvalue weighted by Gasteiger charge is 1.99. The molecule has 3 heteroatoms. The van der Waals surface area contributed by atoms with Crippen LogP contribution in [0, 0.1) is 6.92 Å². The summed E-state index contributed by atoms with van der Waals surface area (Å²) in [6.45, 7) is 2.99. The van der Waals surface area contributed by atoms with Crippen LogP contribution in [0.2, 0.25) is 0 Å². The molecule has 0 spiro atoms. The lowest BCUT2D eigenvalue weighted by Gasteiger charge is -2.09. The number of halogens is 1. The van der Waals surface area contributed by atoms with Crippen molar-refractivity contribution >= 4 is 27.3 Å². The molecule has 0 saturated carbocycles. The monoisotopic (exact) mass is 304 g/mol. The van der Waals surface area contributed by atoms with Gasteiger partial charge in [0.05, 0.1) is 11.4 Å². The van der Waals surface area contributed by atoms with Crippen LogP contribution in [0.4, 0.5) is 11.4 Å². The maximum atomic E-state index is 5.93. The zero-order valence-electron chi connectivity index (χ0n) is 10.4. The minimum Gasteiger partial charge on any atom is -0.397 e. The van der Waals surface area contributed by atoms with E-state index in [0.29, 0.717) is 0 Å². The Morgan fingerprint density at radius 1 is 1.11 bits per heavy atom. The number of nitrogens with two attached hydrogens (primary N) is 1. The highest BCUT2D eigenvalue weighted by atomic mass is 79.9. The lowest BCUT2D eigenvalue weighted by Crippen LogP contribution is -2.06. The van der Waals surface area contributed by atoms with Crippen LogP contribution < -0.4 is 11.1 Å². The molecule has 0 heterocycles. The summed E-state index contributed by atoms with van der Waals surface area (Å²) in [5.74, 6) is 0. The Morgan fingerprint density at radius 2 is 1.83 bits per heavy atom. The van der Waals surface area contributed by atoms with E-state index >= 15 is 0 Å². The molecule has 0 aliphatic rings. The van der Waals surface area contributed by atoms with Crippen molar-refractivity contribution in [3.63, 3.8) is 0 Å². The van der Waals surface area contributed by atoms with Crippen LogP contribution in [0.25, 0.3) is 0 Å². The highest BCUT2D eigenvalue weighted by molar-refractivity contribution is 9.10. The smallest absolute Gasteiger partial charge is 0.0574 e. The Hall–Kier alpha value is -1.48. The maximum absolute atomic E-state index is 5.93. The molecule has 0 unspecified atom stereocenters. The topological polar surface area (TPSA) is 38.0 Å². The number of anilines is 2. The first-order valence-corrected chi connectivity index (χ1v) is 6.79. The molecule has 2 aromatic carbocycles. The zero-order chi connectivity index (χ0) is 13.0. The Balaban J connectivity index is 1.90. The van der Waals surface area contributed by atoms with Crippen LogP contribution in [0.3, 0.4) is 0 Å². The van der Waals surface area contributed by atoms with Crippen molar-refractivity contribution < 1.29 is 0 Å². The molecule has 0 amide bonds. The van der Waals surface area contributed by atoms with Gasteiger partial charge in [-0.25, -0.2) is 0 Å². The minimum atomic E-state index is 0.772. The summed E-state index contributed by atoms with van der Waals surface area (Å²) < 4.78 is 1.00. The molecule has 0 bridgehead atoms. The van der Waals surface area contributed by atoms with Gasteiger partial charge in [0.2, 0.25) is 0 Å². The van der Waals surface area contributed by atoms with E-state index in [4.69, 9.17) is 5.73 Å². The van der Waals surface area contributed by atoms with Crippen molar-refractivity contribution in [1.82, 2.24) is 0 Å². The number of benzene rings is 2. The van der Waals surface area contributed by atoms with E-state index in [2.05, 4.69) is 52.4 Å². The number of aryl methyl sites for hydroxylation is 1. The largest absolute Gasteiger partial charge is 0.397 e. The van der Waals surface area contributed by atoms with Crippen LogP contribution in [-0.4, -0.2) is 6.54 Å². The lowest BCUT2D eigenvalue weighted by atomic mass is 10.1. The summed E-state index contributed by atoms with van der Waals surface area (Å²) in [6, 6.07) is 14.5. The third kappa shape index (κ3) is 3.50. The van der Waals surface area contributed by atoms with Gasteiger partial charge in [-0.1, -0.05) is 45.8 Å². The molecule has 0 aromatic heterocycles. The third-order valence-electron chi connectivity index (χ3n) is 2.86. The normalized spacial score (nSPS) is 10.3. The number of rotatable bonds is 4. The predicted molar refractivity (Wildman–Crippen MR) is 81.9 cm³/mol. The Labute approximate surface area is 116 Å². The molecule has 2 nitrogen and oxygen atoms in total. The predicted octanol–water partition coefficient (Wildman–Crippen LogP) is 3.99. The maximum Gasteiger partial charge on any atom is 0.0574 e. The summed E-state index contributed by atoms with van der Waals surface area (Å²) in [5, 5.41) is 3.36. The minimum absolute atomic E-state index is 0.772. The first kappa shape index (κ1) is 13.0. The second kappa shape index (κ2) is 5.91. The molecule has 2 aromatic rings. The van der Waals surface area contributed by atoms with Gasteiger partial charge in [0.15, 0.2) is 0 Å². The molecule has 0 aliphatic carbocycles. The fourth-order valence-electron chi connectivity index (χ4n) is 1.79. The van der Waals surface area contributed by atoms with Crippen molar-refractivity contribution in [2.75, 3.05) is 17.6 Å². The Bertz CT molecular complexity index is 521. The number of nitrogens with one attached hydrogen (secondary N) is 1. The molecule has 18 heavy (non-hydrogen) atoms. The van der Waals surface area contributed by atoms with Gasteiger partial charge in [0, 0.05) is 11.0 Å². The summed E-state index contributed by atoms with van der Waals surface area (Å²) >= 11 is 3.40. The van der Waals surface area contributed by atoms with Gasteiger partial charge in [-0.2, -0.15) is 0 Å². The van der Waals surface area contributed by atoms with Gasteiger partial charge >= 0.3 is 0 Å². The molecule has 0 aliphatic heterocycles. The van der Waals surface area contributed by atoms with Gasteiger partial charge in [0.1, 0.15) is 0 Å². The second-order valence-electron chi connectivity index (χ2n) is 4.39. The van der Waals surface area contributed by atoms with Crippen molar-refractivity contribution in [3.05, 3.63) is 58.1 Å². The molecule has 3 N–H and O–H groups in total. The first-order chi connectivity index (χ1) is 8.65. The van der Waals surface area contributed by atoms with Crippen LogP contribution in [0.1, 0.15) is 11.1 Å². The van der Waals surface area contributed by atoms with Gasteiger partial charge in [0.25, 0.3) is 0 Å². The fraction of sp³-hybridized carbons (Fsp3) is 0.200.